The highest BCUT2D eigenvalue weighted by molar-refractivity contribution is 7.89. The van der Waals surface area contributed by atoms with Crippen molar-refractivity contribution in [1.29, 1.82) is 0 Å². The molecule has 10 heteroatoms. The molecule has 0 aliphatic carbocycles. The molecule has 0 spiro atoms. The first-order chi connectivity index (χ1) is 13.3. The van der Waals surface area contributed by atoms with Crippen LogP contribution in [0.4, 0.5) is 0 Å². The number of carbonyl (C=O) groups is 1. The number of hydrogen-bond donors (Lipinski definition) is 0. The number of rotatable bonds is 4. The molecule has 0 radical (unpaired) electrons. The van der Waals surface area contributed by atoms with Crippen LogP contribution in [0, 0.1) is 12.8 Å². The van der Waals surface area contributed by atoms with Gasteiger partial charge in [-0.1, -0.05) is 11.6 Å². The number of ketones is 1. The minimum absolute atomic E-state index is 0.00726. The topological polar surface area (TPSA) is 90.7 Å². The number of ether oxygens (including phenoxy) is 2. The molecule has 2 aliphatic rings. The normalized spacial score (nSPS) is 19.8. The summed E-state index contributed by atoms with van der Waals surface area (Å²) < 4.78 is 39.6. The summed E-state index contributed by atoms with van der Waals surface area (Å²) in [5.41, 5.74) is 0.834. The lowest BCUT2D eigenvalue weighted by atomic mass is 9.91. The van der Waals surface area contributed by atoms with Crippen molar-refractivity contribution < 1.29 is 22.7 Å². The summed E-state index contributed by atoms with van der Waals surface area (Å²) in [5.74, 6) is 0.599. The van der Waals surface area contributed by atoms with Crippen LogP contribution in [0.3, 0.4) is 0 Å². The fourth-order valence-electron chi connectivity index (χ4n) is 3.69. The summed E-state index contributed by atoms with van der Waals surface area (Å²) in [6.07, 6.45) is 1.22. The quantitative estimate of drug-likeness (QED) is 0.698. The van der Waals surface area contributed by atoms with E-state index in [4.69, 9.17) is 21.1 Å². The molecule has 28 heavy (non-hydrogen) atoms. The molecule has 0 bridgehead atoms. The second-order valence-electron chi connectivity index (χ2n) is 6.96. The van der Waals surface area contributed by atoms with Gasteiger partial charge in [0.1, 0.15) is 10.0 Å². The van der Waals surface area contributed by atoms with Gasteiger partial charge in [-0.25, -0.2) is 8.42 Å². The Bertz CT molecular complexity index is 1050. The van der Waals surface area contributed by atoms with Gasteiger partial charge >= 0.3 is 0 Å². The number of aryl methyl sites for hydroxylation is 2. The van der Waals surface area contributed by atoms with Crippen LogP contribution in [0.25, 0.3) is 0 Å². The van der Waals surface area contributed by atoms with Crippen molar-refractivity contribution in [2.75, 3.05) is 19.9 Å². The first kappa shape index (κ1) is 19.2. The standard InChI is InChI=1S/C18H20ClN3O5S/c1-11-17(18(19)21(2)20-11)28(24,25)22-7-3-4-13(9-22)16(23)12-5-6-14-15(8-12)27-10-26-14/h5-6,8,13H,3-4,7,9-10H2,1-2H3. The van der Waals surface area contributed by atoms with E-state index in [1.807, 2.05) is 0 Å². The number of halogens is 1. The predicted molar refractivity (Wildman–Crippen MR) is 101 cm³/mol. The Balaban J connectivity index is 1.58. The minimum atomic E-state index is -3.84. The number of hydrogen-bond acceptors (Lipinski definition) is 6. The predicted octanol–water partition coefficient (Wildman–Crippen LogP) is 2.39. The molecule has 3 heterocycles. The van der Waals surface area contributed by atoms with Gasteiger partial charge in [0, 0.05) is 31.6 Å². The molecule has 1 fully saturated rings. The smallest absolute Gasteiger partial charge is 0.248 e. The summed E-state index contributed by atoms with van der Waals surface area (Å²) in [5, 5.41) is 4.16. The number of Topliss-reactive ketones (excluding diaryl/α,β-unsaturated/α-hetero) is 1. The lowest BCUT2D eigenvalue weighted by Gasteiger charge is -2.31. The first-order valence-corrected chi connectivity index (χ1v) is 10.7. The highest BCUT2D eigenvalue weighted by atomic mass is 35.5. The van der Waals surface area contributed by atoms with E-state index in [1.165, 1.54) is 8.99 Å². The lowest BCUT2D eigenvalue weighted by Crippen LogP contribution is -2.42. The molecule has 0 N–H and O–H groups in total. The molecule has 8 nitrogen and oxygen atoms in total. The summed E-state index contributed by atoms with van der Waals surface area (Å²) >= 11 is 6.17. The first-order valence-electron chi connectivity index (χ1n) is 8.92. The highest BCUT2D eigenvalue weighted by Gasteiger charge is 2.37. The number of piperidine rings is 1. The Morgan fingerprint density at radius 1 is 1.29 bits per heavy atom. The Labute approximate surface area is 168 Å². The van der Waals surface area contributed by atoms with Gasteiger partial charge in [0.05, 0.1) is 5.69 Å². The van der Waals surface area contributed by atoms with E-state index in [-0.39, 0.29) is 29.2 Å². The van der Waals surface area contributed by atoms with Crippen molar-refractivity contribution in [2.24, 2.45) is 13.0 Å². The maximum atomic E-state index is 13.1. The van der Waals surface area contributed by atoms with E-state index >= 15 is 0 Å². The summed E-state index contributed by atoms with van der Waals surface area (Å²) in [6.45, 7) is 2.20. The van der Waals surface area contributed by atoms with Crippen LogP contribution in [0.15, 0.2) is 23.1 Å². The van der Waals surface area contributed by atoms with E-state index in [2.05, 4.69) is 5.10 Å². The minimum Gasteiger partial charge on any atom is -0.454 e. The molecular formula is C18H20ClN3O5S. The molecular weight excluding hydrogens is 406 g/mol. The SMILES string of the molecule is Cc1nn(C)c(Cl)c1S(=O)(=O)N1CCCC(C(=O)c2ccc3c(c2)OCO3)C1. The van der Waals surface area contributed by atoms with Gasteiger partial charge in [-0.15, -0.1) is 0 Å². The van der Waals surface area contributed by atoms with Crippen LogP contribution >= 0.6 is 11.6 Å². The molecule has 150 valence electrons. The Kier molecular flexibility index (Phi) is 4.84. The second-order valence-corrected chi connectivity index (χ2v) is 9.20. The zero-order chi connectivity index (χ0) is 20.1. The number of aromatic nitrogens is 2. The number of nitrogens with zero attached hydrogens (tertiary/aromatic N) is 3. The molecule has 2 aromatic rings. The van der Waals surface area contributed by atoms with E-state index in [9.17, 15) is 13.2 Å². The van der Waals surface area contributed by atoms with Gasteiger partial charge < -0.3 is 9.47 Å². The summed E-state index contributed by atoms with van der Waals surface area (Å²) in [6, 6.07) is 5.04. The Morgan fingerprint density at radius 3 is 2.75 bits per heavy atom. The molecule has 1 aromatic carbocycles. The van der Waals surface area contributed by atoms with Gasteiger partial charge in [0.2, 0.25) is 16.8 Å². The third-order valence-electron chi connectivity index (χ3n) is 5.11. The van der Waals surface area contributed by atoms with Gasteiger partial charge in [-0.2, -0.15) is 9.40 Å². The molecule has 1 saturated heterocycles. The van der Waals surface area contributed by atoms with Crippen molar-refractivity contribution >= 4 is 27.4 Å². The number of carbonyl (C=O) groups excluding carboxylic acids is 1. The highest BCUT2D eigenvalue weighted by Crippen LogP contribution is 2.35. The van der Waals surface area contributed by atoms with Gasteiger partial charge in [0.15, 0.2) is 17.3 Å². The molecule has 1 unspecified atom stereocenters. The number of benzene rings is 1. The fraction of sp³-hybridized carbons (Fsp3) is 0.444. The zero-order valence-electron chi connectivity index (χ0n) is 15.5. The molecule has 1 atom stereocenters. The Hall–Kier alpha value is -2.10. The molecule has 2 aliphatic heterocycles. The van der Waals surface area contributed by atoms with Crippen LogP contribution in [0.5, 0.6) is 11.5 Å². The van der Waals surface area contributed by atoms with Crippen LogP contribution in [0.1, 0.15) is 28.9 Å². The number of fused-ring (bicyclic) bond motifs is 1. The van der Waals surface area contributed by atoms with Crippen molar-refractivity contribution in [3.63, 3.8) is 0 Å². The van der Waals surface area contributed by atoms with Crippen LogP contribution in [-0.2, 0) is 17.1 Å². The maximum absolute atomic E-state index is 13.1. The number of sulfonamides is 1. The van der Waals surface area contributed by atoms with Gasteiger partial charge in [-0.05, 0) is 38.0 Å². The van der Waals surface area contributed by atoms with Gasteiger partial charge in [0.25, 0.3) is 0 Å². The van der Waals surface area contributed by atoms with Crippen LogP contribution < -0.4 is 9.47 Å². The van der Waals surface area contributed by atoms with Crippen molar-refractivity contribution in [3.05, 3.63) is 34.6 Å². The molecule has 4 rings (SSSR count). The summed E-state index contributed by atoms with van der Waals surface area (Å²) in [7, 11) is -2.25. The van der Waals surface area contributed by atoms with Crippen LogP contribution in [-0.4, -0.2) is 48.2 Å². The van der Waals surface area contributed by atoms with Gasteiger partial charge in [-0.3, -0.25) is 9.48 Å². The second kappa shape index (κ2) is 7.06. The Morgan fingerprint density at radius 2 is 2.04 bits per heavy atom. The average Bonchev–Trinajstić information content (AvgIpc) is 3.24. The third-order valence-corrected chi connectivity index (χ3v) is 7.67. The van der Waals surface area contributed by atoms with Crippen molar-refractivity contribution in [3.8, 4) is 11.5 Å². The van der Waals surface area contributed by atoms with E-state index < -0.39 is 15.9 Å². The van der Waals surface area contributed by atoms with E-state index in [1.54, 1.807) is 32.2 Å². The van der Waals surface area contributed by atoms with E-state index in [0.29, 0.717) is 42.1 Å². The summed E-state index contributed by atoms with van der Waals surface area (Å²) in [4.78, 5) is 13.0. The third kappa shape index (κ3) is 3.17. The monoisotopic (exact) mass is 425 g/mol. The average molecular weight is 426 g/mol. The largest absolute Gasteiger partial charge is 0.454 e. The fourth-order valence-corrected chi connectivity index (χ4v) is 5.92. The molecule has 1 aromatic heterocycles. The maximum Gasteiger partial charge on any atom is 0.248 e. The molecule has 0 saturated carbocycles. The van der Waals surface area contributed by atoms with Crippen molar-refractivity contribution in [1.82, 2.24) is 14.1 Å². The zero-order valence-corrected chi connectivity index (χ0v) is 17.1. The van der Waals surface area contributed by atoms with Crippen LogP contribution in [0.2, 0.25) is 5.15 Å². The van der Waals surface area contributed by atoms with E-state index in [0.717, 1.165) is 0 Å². The lowest BCUT2D eigenvalue weighted by molar-refractivity contribution is 0.0872. The molecule has 0 amide bonds. The van der Waals surface area contributed by atoms with Crippen molar-refractivity contribution in [2.45, 2.75) is 24.7 Å².